The van der Waals surface area contributed by atoms with Crippen molar-refractivity contribution in [3.8, 4) is 0 Å². The van der Waals surface area contributed by atoms with E-state index >= 15 is 0 Å². The second kappa shape index (κ2) is 7.77. The fourth-order valence-electron chi connectivity index (χ4n) is 2.73. The maximum atomic E-state index is 5.85. The number of nitrogens with one attached hydrogen (secondary N) is 1. The highest BCUT2D eigenvalue weighted by atomic mass is 15.2. The van der Waals surface area contributed by atoms with Gasteiger partial charge in [-0.2, -0.15) is 0 Å². The molecule has 0 radical (unpaired) electrons. The summed E-state index contributed by atoms with van der Waals surface area (Å²) < 4.78 is 0. The predicted octanol–water partition coefficient (Wildman–Crippen LogP) is 4.01. The standard InChI is InChI=1S/C19H24N2/c1-15(2)13-14-18(21-20)19(16-9-5-3-6-10-16)17-11-7-4-8-12-17/h3-12,18-19,21H,1,13-14,20H2,2H3. The molecule has 3 N–H and O–H groups in total. The Morgan fingerprint density at radius 2 is 1.48 bits per heavy atom. The Balaban J connectivity index is 2.33. The van der Waals surface area contributed by atoms with Crippen molar-refractivity contribution in [3.05, 3.63) is 83.9 Å². The van der Waals surface area contributed by atoms with E-state index in [-0.39, 0.29) is 12.0 Å². The van der Waals surface area contributed by atoms with Crippen LogP contribution >= 0.6 is 0 Å². The number of rotatable bonds is 7. The Hall–Kier alpha value is -1.90. The van der Waals surface area contributed by atoms with Crippen LogP contribution in [0.5, 0.6) is 0 Å². The molecule has 2 nitrogen and oxygen atoms in total. The summed E-state index contributed by atoms with van der Waals surface area (Å²) in [6.07, 6.45) is 1.95. The van der Waals surface area contributed by atoms with Crippen molar-refractivity contribution in [1.29, 1.82) is 0 Å². The van der Waals surface area contributed by atoms with Gasteiger partial charge in [0.05, 0.1) is 0 Å². The van der Waals surface area contributed by atoms with Gasteiger partial charge in [-0.15, -0.1) is 6.58 Å². The van der Waals surface area contributed by atoms with Gasteiger partial charge in [0, 0.05) is 12.0 Å². The Morgan fingerprint density at radius 3 is 1.86 bits per heavy atom. The Labute approximate surface area is 127 Å². The van der Waals surface area contributed by atoms with Crippen molar-refractivity contribution in [2.45, 2.75) is 31.7 Å². The van der Waals surface area contributed by atoms with Gasteiger partial charge in [0.1, 0.15) is 0 Å². The van der Waals surface area contributed by atoms with E-state index in [0.717, 1.165) is 12.8 Å². The van der Waals surface area contributed by atoms with Crippen LogP contribution in [0.2, 0.25) is 0 Å². The zero-order chi connectivity index (χ0) is 15.1. The summed E-state index contributed by atoms with van der Waals surface area (Å²) in [4.78, 5) is 0. The van der Waals surface area contributed by atoms with E-state index < -0.39 is 0 Å². The summed E-state index contributed by atoms with van der Waals surface area (Å²) in [6, 6.07) is 21.3. The lowest BCUT2D eigenvalue weighted by molar-refractivity contribution is 0.449. The van der Waals surface area contributed by atoms with Gasteiger partial charge >= 0.3 is 0 Å². The number of hydrogen-bond acceptors (Lipinski definition) is 2. The third-order valence-corrected chi connectivity index (χ3v) is 3.82. The van der Waals surface area contributed by atoms with Crippen LogP contribution < -0.4 is 11.3 Å². The molecule has 2 heteroatoms. The monoisotopic (exact) mass is 280 g/mol. The van der Waals surface area contributed by atoms with Gasteiger partial charge in [-0.05, 0) is 30.9 Å². The first-order valence-electron chi connectivity index (χ1n) is 7.42. The largest absolute Gasteiger partial charge is 0.271 e. The molecule has 0 aliphatic carbocycles. The number of hydrazine groups is 1. The third-order valence-electron chi connectivity index (χ3n) is 3.82. The zero-order valence-electron chi connectivity index (χ0n) is 12.6. The highest BCUT2D eigenvalue weighted by Crippen LogP contribution is 2.30. The van der Waals surface area contributed by atoms with E-state index in [0.29, 0.717) is 0 Å². The fourth-order valence-corrected chi connectivity index (χ4v) is 2.73. The van der Waals surface area contributed by atoms with Crippen molar-refractivity contribution in [3.63, 3.8) is 0 Å². The molecule has 0 aliphatic rings. The topological polar surface area (TPSA) is 38.0 Å². The molecule has 0 saturated heterocycles. The van der Waals surface area contributed by atoms with Crippen LogP contribution in [0.4, 0.5) is 0 Å². The Bertz CT molecular complexity index is 509. The first-order chi connectivity index (χ1) is 10.2. The maximum absolute atomic E-state index is 5.85. The van der Waals surface area contributed by atoms with Crippen LogP contribution in [0.3, 0.4) is 0 Å². The second-order valence-corrected chi connectivity index (χ2v) is 5.57. The minimum Gasteiger partial charge on any atom is -0.271 e. The van der Waals surface area contributed by atoms with Crippen LogP contribution in [-0.2, 0) is 0 Å². The smallest absolute Gasteiger partial charge is 0.0322 e. The molecule has 0 spiro atoms. The molecule has 2 rings (SSSR count). The van der Waals surface area contributed by atoms with Gasteiger partial charge in [0.25, 0.3) is 0 Å². The molecule has 0 aliphatic heterocycles. The maximum Gasteiger partial charge on any atom is 0.0322 e. The summed E-state index contributed by atoms with van der Waals surface area (Å²) >= 11 is 0. The number of allylic oxidation sites excluding steroid dienone is 1. The molecule has 0 amide bonds. The van der Waals surface area contributed by atoms with Crippen LogP contribution in [0, 0.1) is 0 Å². The van der Waals surface area contributed by atoms with E-state index in [4.69, 9.17) is 5.84 Å². The average Bonchev–Trinajstić information content (AvgIpc) is 2.53. The van der Waals surface area contributed by atoms with Crippen LogP contribution in [0.1, 0.15) is 36.8 Å². The van der Waals surface area contributed by atoms with E-state index in [1.165, 1.54) is 16.7 Å². The van der Waals surface area contributed by atoms with Crippen molar-refractivity contribution >= 4 is 0 Å². The lowest BCUT2D eigenvalue weighted by atomic mass is 9.83. The van der Waals surface area contributed by atoms with Crippen molar-refractivity contribution in [1.82, 2.24) is 5.43 Å². The van der Waals surface area contributed by atoms with E-state index in [2.05, 4.69) is 67.5 Å². The normalized spacial score (nSPS) is 12.3. The Morgan fingerprint density at radius 1 is 1.00 bits per heavy atom. The van der Waals surface area contributed by atoms with Crippen LogP contribution in [0.15, 0.2) is 72.8 Å². The number of nitrogens with two attached hydrogens (primary N) is 1. The molecular formula is C19H24N2. The second-order valence-electron chi connectivity index (χ2n) is 5.57. The molecule has 0 heterocycles. The fraction of sp³-hybridized carbons (Fsp3) is 0.263. The first-order valence-corrected chi connectivity index (χ1v) is 7.42. The molecule has 1 unspecified atom stereocenters. The molecule has 1 atom stereocenters. The summed E-state index contributed by atoms with van der Waals surface area (Å²) in [5.41, 5.74) is 6.77. The minimum absolute atomic E-state index is 0.187. The number of hydrogen-bond donors (Lipinski definition) is 2. The predicted molar refractivity (Wildman–Crippen MR) is 89.9 cm³/mol. The van der Waals surface area contributed by atoms with Gasteiger partial charge in [-0.1, -0.05) is 66.2 Å². The van der Waals surface area contributed by atoms with Gasteiger partial charge in [-0.3, -0.25) is 11.3 Å². The molecule has 21 heavy (non-hydrogen) atoms. The molecule has 110 valence electrons. The first kappa shape index (κ1) is 15.5. The number of benzene rings is 2. The lowest BCUT2D eigenvalue weighted by Gasteiger charge is -2.28. The van der Waals surface area contributed by atoms with Gasteiger partial charge < -0.3 is 0 Å². The summed E-state index contributed by atoms with van der Waals surface area (Å²) in [5.74, 6) is 6.10. The van der Waals surface area contributed by atoms with E-state index in [1.54, 1.807) is 0 Å². The SMILES string of the molecule is C=C(C)CCC(NN)C(c1ccccc1)c1ccccc1. The molecule has 0 fully saturated rings. The molecule has 2 aromatic rings. The summed E-state index contributed by atoms with van der Waals surface area (Å²) in [6.45, 7) is 6.06. The van der Waals surface area contributed by atoms with Crippen LogP contribution in [-0.4, -0.2) is 6.04 Å². The average molecular weight is 280 g/mol. The third kappa shape index (κ3) is 4.28. The quantitative estimate of drug-likeness (QED) is 0.457. The highest BCUT2D eigenvalue weighted by molar-refractivity contribution is 5.34. The molecule has 2 aromatic carbocycles. The summed E-state index contributed by atoms with van der Waals surface area (Å²) in [5, 5.41) is 0. The summed E-state index contributed by atoms with van der Waals surface area (Å²) in [7, 11) is 0. The van der Waals surface area contributed by atoms with Gasteiger partial charge in [-0.25, -0.2) is 0 Å². The van der Waals surface area contributed by atoms with Gasteiger partial charge in [0.2, 0.25) is 0 Å². The van der Waals surface area contributed by atoms with Crippen molar-refractivity contribution in [2.75, 3.05) is 0 Å². The molecule has 0 saturated carbocycles. The lowest BCUT2D eigenvalue weighted by Crippen LogP contribution is -2.40. The van der Waals surface area contributed by atoms with E-state index in [9.17, 15) is 0 Å². The molecule has 0 bridgehead atoms. The van der Waals surface area contributed by atoms with Crippen LogP contribution in [0.25, 0.3) is 0 Å². The van der Waals surface area contributed by atoms with Gasteiger partial charge in [0.15, 0.2) is 0 Å². The van der Waals surface area contributed by atoms with E-state index in [1.807, 2.05) is 12.1 Å². The zero-order valence-corrected chi connectivity index (χ0v) is 12.6. The minimum atomic E-state index is 0.187. The molecule has 0 aromatic heterocycles. The molecular weight excluding hydrogens is 256 g/mol. The highest BCUT2D eigenvalue weighted by Gasteiger charge is 2.23. The van der Waals surface area contributed by atoms with Crippen molar-refractivity contribution in [2.24, 2.45) is 5.84 Å². The van der Waals surface area contributed by atoms with Crippen molar-refractivity contribution < 1.29 is 0 Å². The Kier molecular flexibility index (Phi) is 5.73.